The second kappa shape index (κ2) is 7.28. The molecule has 122 valence electrons. The van der Waals surface area contributed by atoms with E-state index in [4.69, 9.17) is 16.0 Å². The minimum Gasteiger partial charge on any atom is -0.480 e. The van der Waals surface area contributed by atoms with Crippen LogP contribution in [-0.4, -0.2) is 40.4 Å². The number of carbonyl (C=O) groups is 3. The van der Waals surface area contributed by atoms with E-state index in [2.05, 4.69) is 5.32 Å². The predicted molar refractivity (Wildman–Crippen MR) is 75.9 cm³/mol. The molecule has 0 saturated heterocycles. The standard InChI is InChI=1S/C14H25NO6/c1-13(2,3)20-10(16)8-7-9(11(17)18)15-12(19)21-14(4,5)6/h9H,7-8H2,1-6H3,(H,15,19)(H,17,18)/t9-/m0/s1/i4D. The fourth-order valence-electron chi connectivity index (χ4n) is 1.33. The maximum atomic E-state index is 11.6. The molecule has 2 N–H and O–H groups in total. The molecule has 0 heterocycles. The van der Waals surface area contributed by atoms with Crippen LogP contribution in [0.2, 0.25) is 0 Å². The van der Waals surface area contributed by atoms with Crippen LogP contribution in [0.4, 0.5) is 4.79 Å². The highest BCUT2D eigenvalue weighted by atomic mass is 16.6. The van der Waals surface area contributed by atoms with Crippen molar-refractivity contribution >= 4 is 18.0 Å². The van der Waals surface area contributed by atoms with Crippen molar-refractivity contribution < 1.29 is 30.3 Å². The molecule has 0 spiro atoms. The first kappa shape index (κ1) is 17.3. The molecule has 0 aromatic rings. The summed E-state index contributed by atoms with van der Waals surface area (Å²) in [5, 5.41) is 11.2. The van der Waals surface area contributed by atoms with Gasteiger partial charge in [-0.2, -0.15) is 0 Å². The van der Waals surface area contributed by atoms with Gasteiger partial charge in [0.05, 0.1) is 0 Å². The third kappa shape index (κ3) is 10.6. The number of aliphatic carboxylic acids is 1. The summed E-state index contributed by atoms with van der Waals surface area (Å²) in [5.41, 5.74) is -1.67. The van der Waals surface area contributed by atoms with E-state index >= 15 is 0 Å². The van der Waals surface area contributed by atoms with Crippen LogP contribution in [0.15, 0.2) is 0 Å². The van der Waals surface area contributed by atoms with Crippen molar-refractivity contribution in [3.8, 4) is 0 Å². The van der Waals surface area contributed by atoms with Gasteiger partial charge in [0, 0.05) is 7.79 Å². The quantitative estimate of drug-likeness (QED) is 0.754. The normalized spacial score (nSPS) is 13.9. The average molecular weight is 304 g/mol. The minimum atomic E-state index is -1.27. The monoisotopic (exact) mass is 304 g/mol. The number of amides is 1. The molecule has 0 radical (unpaired) electrons. The maximum absolute atomic E-state index is 11.6. The first-order chi connectivity index (χ1) is 9.86. The molecule has 1 amide bonds. The first-order valence-corrected chi connectivity index (χ1v) is 6.60. The van der Waals surface area contributed by atoms with Gasteiger partial charge in [-0.1, -0.05) is 0 Å². The summed E-state index contributed by atoms with van der Waals surface area (Å²) in [4.78, 5) is 34.3. The van der Waals surface area contributed by atoms with Gasteiger partial charge in [0.2, 0.25) is 0 Å². The van der Waals surface area contributed by atoms with Crippen LogP contribution in [-0.2, 0) is 19.1 Å². The molecule has 0 fully saturated rings. The fourth-order valence-corrected chi connectivity index (χ4v) is 1.33. The molecule has 7 nitrogen and oxygen atoms in total. The van der Waals surface area contributed by atoms with E-state index in [0.29, 0.717) is 0 Å². The van der Waals surface area contributed by atoms with Gasteiger partial charge in [0.1, 0.15) is 17.2 Å². The maximum Gasteiger partial charge on any atom is 0.408 e. The zero-order chi connectivity index (χ0) is 17.6. The Morgan fingerprint density at radius 3 is 2.14 bits per heavy atom. The predicted octanol–water partition coefficient (Wildman–Crippen LogP) is 2.09. The van der Waals surface area contributed by atoms with Crippen molar-refractivity contribution in [3.63, 3.8) is 0 Å². The lowest BCUT2D eigenvalue weighted by atomic mass is 10.1. The number of esters is 1. The van der Waals surface area contributed by atoms with Crippen LogP contribution < -0.4 is 5.32 Å². The second-order valence-electron chi connectivity index (χ2n) is 6.31. The largest absolute Gasteiger partial charge is 0.480 e. The van der Waals surface area contributed by atoms with Gasteiger partial charge in [-0.3, -0.25) is 4.79 Å². The number of carboxylic acid groups (broad SMARTS) is 1. The number of nitrogens with one attached hydrogen (secondary N) is 1. The molecule has 0 unspecified atom stereocenters. The van der Waals surface area contributed by atoms with E-state index in [1.165, 1.54) is 13.8 Å². The Balaban J connectivity index is 4.48. The van der Waals surface area contributed by atoms with Crippen molar-refractivity contribution in [2.45, 2.75) is 71.6 Å². The summed E-state index contributed by atoms with van der Waals surface area (Å²) in [7, 11) is 0. The molecule has 0 saturated carbocycles. The molecular weight excluding hydrogens is 278 g/mol. The van der Waals surface area contributed by atoms with Crippen LogP contribution in [0.1, 0.15) is 55.7 Å². The van der Waals surface area contributed by atoms with Crippen LogP contribution >= 0.6 is 0 Å². The highest BCUT2D eigenvalue weighted by Gasteiger charge is 2.25. The lowest BCUT2D eigenvalue weighted by Gasteiger charge is -2.22. The first-order valence-electron chi connectivity index (χ1n) is 7.30. The van der Waals surface area contributed by atoms with Crippen LogP contribution in [0, 0.1) is 0 Å². The molecule has 0 aliphatic rings. The van der Waals surface area contributed by atoms with Crippen LogP contribution in [0.3, 0.4) is 0 Å². The molecule has 0 aromatic heterocycles. The van der Waals surface area contributed by atoms with E-state index in [0.717, 1.165) is 0 Å². The molecule has 0 bridgehead atoms. The molecule has 0 aromatic carbocycles. The van der Waals surface area contributed by atoms with Gasteiger partial charge in [-0.15, -0.1) is 0 Å². The summed E-state index contributed by atoms with van der Waals surface area (Å²) in [6.07, 6.45) is -1.19. The SMILES string of the molecule is [2H]CC(C)(C)OC(=O)N[C@@H](CCC(=O)OC(C)(C)C)C(=O)O. The number of ether oxygens (including phenoxy) is 2. The molecule has 1 atom stereocenters. The van der Waals surface area contributed by atoms with E-state index in [1.807, 2.05) is 0 Å². The number of hydrogen-bond donors (Lipinski definition) is 2. The van der Waals surface area contributed by atoms with Gasteiger partial charge in [-0.25, -0.2) is 9.59 Å². The minimum absolute atomic E-state index is 0.110. The van der Waals surface area contributed by atoms with Gasteiger partial charge in [-0.05, 0) is 47.9 Å². The summed E-state index contributed by atoms with van der Waals surface area (Å²) in [6.45, 7) is 8.04. The highest BCUT2D eigenvalue weighted by molar-refractivity contribution is 5.81. The Kier molecular flexibility index (Phi) is 5.99. The number of carbonyl (C=O) groups excluding carboxylic acids is 2. The smallest absolute Gasteiger partial charge is 0.408 e. The fraction of sp³-hybridized carbons (Fsp3) is 0.786. The molecular formula is C14H25NO6. The van der Waals surface area contributed by atoms with E-state index in [9.17, 15) is 14.4 Å². The van der Waals surface area contributed by atoms with Gasteiger partial charge in [0.15, 0.2) is 0 Å². The Bertz CT molecular complexity index is 416. The second-order valence-corrected chi connectivity index (χ2v) is 6.31. The molecule has 21 heavy (non-hydrogen) atoms. The van der Waals surface area contributed by atoms with Crippen molar-refractivity contribution in [2.75, 3.05) is 0 Å². The Hall–Kier alpha value is -1.79. The summed E-state index contributed by atoms with van der Waals surface area (Å²) < 4.78 is 17.2. The molecule has 7 heteroatoms. The number of alkyl carbamates (subject to hydrolysis) is 1. The number of carboxylic acids is 1. The van der Waals surface area contributed by atoms with Gasteiger partial charge in [0.25, 0.3) is 0 Å². The number of hydrogen-bond acceptors (Lipinski definition) is 5. The van der Waals surface area contributed by atoms with Crippen molar-refractivity contribution in [2.24, 2.45) is 0 Å². The van der Waals surface area contributed by atoms with Gasteiger partial charge < -0.3 is 19.9 Å². The molecule has 0 rings (SSSR count). The molecule has 0 aliphatic carbocycles. The number of rotatable bonds is 5. The topological polar surface area (TPSA) is 102 Å². The average Bonchev–Trinajstić information content (AvgIpc) is 2.31. The zero-order valence-electron chi connectivity index (χ0n) is 14.2. The zero-order valence-corrected chi connectivity index (χ0v) is 13.2. The summed E-state index contributed by atoms with van der Waals surface area (Å²) in [5.74, 6) is -1.82. The van der Waals surface area contributed by atoms with Gasteiger partial charge >= 0.3 is 18.0 Å². The Morgan fingerprint density at radius 1 is 1.14 bits per heavy atom. The lowest BCUT2D eigenvalue weighted by Crippen LogP contribution is -2.43. The van der Waals surface area contributed by atoms with E-state index < -0.39 is 35.3 Å². The summed E-state index contributed by atoms with van der Waals surface area (Å²) in [6, 6.07) is -1.26. The van der Waals surface area contributed by atoms with Crippen LogP contribution in [0.25, 0.3) is 0 Å². The summed E-state index contributed by atoms with van der Waals surface area (Å²) >= 11 is 0. The highest BCUT2D eigenvalue weighted by Crippen LogP contribution is 2.11. The Morgan fingerprint density at radius 2 is 1.71 bits per heavy atom. The lowest BCUT2D eigenvalue weighted by molar-refractivity contribution is -0.155. The third-order valence-corrected chi connectivity index (χ3v) is 2.02. The van der Waals surface area contributed by atoms with Crippen molar-refractivity contribution in [1.29, 1.82) is 0 Å². The third-order valence-electron chi connectivity index (χ3n) is 2.02. The Labute approximate surface area is 126 Å². The van der Waals surface area contributed by atoms with E-state index in [-0.39, 0.29) is 19.7 Å². The van der Waals surface area contributed by atoms with Crippen LogP contribution in [0.5, 0.6) is 0 Å². The van der Waals surface area contributed by atoms with E-state index in [1.54, 1.807) is 20.8 Å². The molecule has 0 aliphatic heterocycles. The van der Waals surface area contributed by atoms with Crippen molar-refractivity contribution in [3.05, 3.63) is 0 Å². The van der Waals surface area contributed by atoms with Crippen molar-refractivity contribution in [1.82, 2.24) is 5.32 Å².